The lowest BCUT2D eigenvalue weighted by atomic mass is 10.2. The highest BCUT2D eigenvalue weighted by Gasteiger charge is 2.09. The molecule has 31 heavy (non-hydrogen) atoms. The van der Waals surface area contributed by atoms with Gasteiger partial charge >= 0.3 is 0 Å². The summed E-state index contributed by atoms with van der Waals surface area (Å²) in [5, 5.41) is 9.91. The maximum absolute atomic E-state index is 4.53. The maximum Gasteiger partial charge on any atom is 0.141 e. The molecule has 0 amide bonds. The zero-order valence-electron chi connectivity index (χ0n) is 17.1. The maximum atomic E-state index is 4.53. The van der Waals surface area contributed by atoms with Crippen molar-refractivity contribution >= 4 is 51.5 Å². The van der Waals surface area contributed by atoms with E-state index in [1.54, 1.807) is 18.7 Å². The topological polar surface area (TPSA) is 84.7 Å². The van der Waals surface area contributed by atoms with Gasteiger partial charge in [0.1, 0.15) is 18.0 Å². The van der Waals surface area contributed by atoms with Gasteiger partial charge in [-0.25, -0.2) is 15.0 Å². The van der Waals surface area contributed by atoms with Crippen LogP contribution in [-0.4, -0.2) is 43.8 Å². The van der Waals surface area contributed by atoms with Gasteiger partial charge in [-0.2, -0.15) is 5.10 Å². The summed E-state index contributed by atoms with van der Waals surface area (Å²) in [6, 6.07) is 14.0. The molecule has 4 aromatic heterocycles. The average Bonchev–Trinajstić information content (AvgIpc) is 3.16. The summed E-state index contributed by atoms with van der Waals surface area (Å²) in [4.78, 5) is 19.5. The molecular weight excluding hydrogens is 412 g/mol. The number of pyridine rings is 2. The summed E-state index contributed by atoms with van der Waals surface area (Å²) in [7, 11) is 3.92. The molecule has 0 unspecified atom stereocenters. The van der Waals surface area contributed by atoms with Gasteiger partial charge in [0.15, 0.2) is 0 Å². The largest absolute Gasteiger partial charge is 0.363 e. The number of nitrogens with one attached hydrogen (secondary N) is 1. The van der Waals surface area contributed by atoms with E-state index in [1.165, 1.54) is 0 Å². The molecule has 5 rings (SSSR count). The molecule has 0 spiro atoms. The van der Waals surface area contributed by atoms with E-state index >= 15 is 0 Å². The number of benzene rings is 1. The Morgan fingerprint density at radius 1 is 0.968 bits per heavy atom. The number of hydrogen-bond donors (Lipinski definition) is 1. The Morgan fingerprint density at radius 2 is 1.87 bits per heavy atom. The van der Waals surface area contributed by atoms with Crippen LogP contribution < -0.4 is 10.2 Å². The highest BCUT2D eigenvalue weighted by Crippen LogP contribution is 2.27. The minimum Gasteiger partial charge on any atom is -0.363 e. The molecule has 156 valence electrons. The van der Waals surface area contributed by atoms with Crippen molar-refractivity contribution in [2.24, 2.45) is 0 Å². The van der Waals surface area contributed by atoms with Gasteiger partial charge in [-0.3, -0.25) is 9.67 Å². The number of hydrogen-bond acceptors (Lipinski definition) is 7. The molecule has 0 aliphatic carbocycles. The minimum absolute atomic E-state index is 0. The lowest BCUT2D eigenvalue weighted by Crippen LogP contribution is -2.10. The fourth-order valence-electron chi connectivity index (χ4n) is 3.36. The first-order chi connectivity index (χ1) is 14.7. The van der Waals surface area contributed by atoms with Gasteiger partial charge in [0.2, 0.25) is 0 Å². The summed E-state index contributed by atoms with van der Waals surface area (Å²) in [5.41, 5.74) is 3.76. The molecule has 1 N–H and O–H groups in total. The number of aromatic nitrogens is 6. The van der Waals surface area contributed by atoms with Gasteiger partial charge in [-0.1, -0.05) is 6.07 Å². The van der Waals surface area contributed by atoms with E-state index in [1.807, 2.05) is 60.2 Å². The van der Waals surface area contributed by atoms with Crippen molar-refractivity contribution in [3.63, 3.8) is 0 Å². The lowest BCUT2D eigenvalue weighted by Gasteiger charge is -2.13. The zero-order chi connectivity index (χ0) is 20.5. The Balaban J connectivity index is 0.00000231. The third kappa shape index (κ3) is 4.10. The molecule has 5 aromatic rings. The van der Waals surface area contributed by atoms with Crippen molar-refractivity contribution in [1.29, 1.82) is 0 Å². The number of rotatable bonds is 5. The summed E-state index contributed by atoms with van der Waals surface area (Å²) < 4.78 is 1.95. The first-order valence-electron chi connectivity index (χ1n) is 9.58. The van der Waals surface area contributed by atoms with Crippen LogP contribution in [0.3, 0.4) is 0 Å². The van der Waals surface area contributed by atoms with E-state index in [9.17, 15) is 0 Å². The molecule has 1 aromatic carbocycles. The SMILES string of the molecule is CN(C)c1cc2c(Nc3ccc4c(cnn4Cc4ccccn4)c3)ncnc2cn1.Cl. The van der Waals surface area contributed by atoms with Crippen molar-refractivity contribution in [3.8, 4) is 0 Å². The van der Waals surface area contributed by atoms with Crippen LogP contribution >= 0.6 is 12.4 Å². The molecule has 0 radical (unpaired) electrons. The van der Waals surface area contributed by atoms with E-state index in [-0.39, 0.29) is 12.4 Å². The van der Waals surface area contributed by atoms with Crippen LogP contribution in [0.25, 0.3) is 21.8 Å². The minimum atomic E-state index is 0. The second kappa shape index (κ2) is 8.53. The van der Waals surface area contributed by atoms with Gasteiger partial charge < -0.3 is 10.2 Å². The number of halogens is 1. The van der Waals surface area contributed by atoms with E-state index < -0.39 is 0 Å². The molecule has 8 nitrogen and oxygen atoms in total. The van der Waals surface area contributed by atoms with Crippen LogP contribution in [0.4, 0.5) is 17.3 Å². The van der Waals surface area contributed by atoms with Gasteiger partial charge in [0.25, 0.3) is 0 Å². The predicted octanol–water partition coefficient (Wildman–Crippen LogP) is 4.05. The van der Waals surface area contributed by atoms with Crippen LogP contribution in [-0.2, 0) is 6.54 Å². The lowest BCUT2D eigenvalue weighted by molar-refractivity contribution is 0.696. The first-order valence-corrected chi connectivity index (χ1v) is 9.58. The van der Waals surface area contributed by atoms with Crippen LogP contribution in [0.2, 0.25) is 0 Å². The highest BCUT2D eigenvalue weighted by atomic mass is 35.5. The second-order valence-electron chi connectivity index (χ2n) is 7.20. The molecule has 9 heteroatoms. The number of nitrogens with zero attached hydrogens (tertiary/aromatic N) is 7. The number of anilines is 3. The molecule has 0 saturated carbocycles. The van der Waals surface area contributed by atoms with Gasteiger partial charge in [-0.15, -0.1) is 12.4 Å². The van der Waals surface area contributed by atoms with E-state index in [0.717, 1.165) is 44.8 Å². The zero-order valence-corrected chi connectivity index (χ0v) is 17.9. The standard InChI is InChI=1S/C22H20N8.ClH/c1-29(2)21-10-18-19(12-24-21)25-14-26-22(18)28-16-6-7-20-15(9-16)11-27-30(20)13-17-5-3-4-8-23-17;/h3-12,14H,13H2,1-2H3,(H,25,26,28);1H. The summed E-state index contributed by atoms with van der Waals surface area (Å²) in [6.07, 6.45) is 6.98. The summed E-state index contributed by atoms with van der Waals surface area (Å²) in [5.74, 6) is 1.59. The van der Waals surface area contributed by atoms with Crippen molar-refractivity contribution in [1.82, 2.24) is 29.7 Å². The quantitative estimate of drug-likeness (QED) is 0.448. The Bertz CT molecular complexity index is 1330. The van der Waals surface area contributed by atoms with Crippen LogP contribution in [0.5, 0.6) is 0 Å². The Kier molecular flexibility index (Phi) is 5.64. The third-order valence-corrected chi connectivity index (χ3v) is 4.91. The first kappa shape index (κ1) is 20.5. The monoisotopic (exact) mass is 432 g/mol. The van der Waals surface area contributed by atoms with Crippen LogP contribution in [0.15, 0.2) is 67.4 Å². The molecule has 0 saturated heterocycles. The van der Waals surface area contributed by atoms with Gasteiger partial charge in [-0.05, 0) is 36.4 Å². The smallest absolute Gasteiger partial charge is 0.141 e. The van der Waals surface area contributed by atoms with Crippen LogP contribution in [0, 0.1) is 0 Å². The Hall–Kier alpha value is -3.78. The highest BCUT2D eigenvalue weighted by molar-refractivity contribution is 5.93. The fraction of sp³-hybridized carbons (Fsp3) is 0.136. The van der Waals surface area contributed by atoms with Gasteiger partial charge in [0, 0.05) is 36.8 Å². The Morgan fingerprint density at radius 3 is 2.68 bits per heavy atom. The predicted molar refractivity (Wildman–Crippen MR) is 125 cm³/mol. The van der Waals surface area contributed by atoms with Crippen molar-refractivity contribution in [2.75, 3.05) is 24.3 Å². The average molecular weight is 433 g/mol. The van der Waals surface area contributed by atoms with Crippen molar-refractivity contribution < 1.29 is 0 Å². The molecular formula is C22H21ClN8. The Labute approximate surface area is 185 Å². The van der Waals surface area contributed by atoms with Crippen LogP contribution in [0.1, 0.15) is 5.69 Å². The summed E-state index contributed by atoms with van der Waals surface area (Å²) in [6.45, 7) is 0.633. The van der Waals surface area contributed by atoms with E-state index in [0.29, 0.717) is 6.54 Å². The molecule has 4 heterocycles. The number of fused-ring (bicyclic) bond motifs is 2. The van der Waals surface area contributed by atoms with E-state index in [4.69, 9.17) is 0 Å². The fourth-order valence-corrected chi connectivity index (χ4v) is 3.36. The second-order valence-corrected chi connectivity index (χ2v) is 7.20. The van der Waals surface area contributed by atoms with Crippen molar-refractivity contribution in [3.05, 3.63) is 73.1 Å². The molecule has 0 aliphatic rings. The molecule has 0 fully saturated rings. The summed E-state index contributed by atoms with van der Waals surface area (Å²) >= 11 is 0. The normalized spacial score (nSPS) is 10.8. The van der Waals surface area contributed by atoms with Gasteiger partial charge in [0.05, 0.1) is 35.7 Å². The third-order valence-electron chi connectivity index (χ3n) is 4.91. The molecule has 0 aliphatic heterocycles. The van der Waals surface area contributed by atoms with E-state index in [2.05, 4.69) is 42.5 Å². The molecule has 0 atom stereocenters. The molecule has 0 bridgehead atoms. The van der Waals surface area contributed by atoms with Crippen molar-refractivity contribution in [2.45, 2.75) is 6.54 Å².